The van der Waals surface area contributed by atoms with E-state index in [9.17, 15) is 4.79 Å². The van der Waals surface area contributed by atoms with E-state index in [4.69, 9.17) is 10.8 Å². The molecule has 1 unspecified atom stereocenters. The van der Waals surface area contributed by atoms with Crippen LogP contribution in [-0.2, 0) is 4.79 Å². The molecule has 2 rings (SSSR count). The number of aliphatic carboxylic acids is 1. The van der Waals surface area contributed by atoms with Crippen LogP contribution in [0.4, 0.5) is 5.69 Å². The van der Waals surface area contributed by atoms with Gasteiger partial charge in [0.25, 0.3) is 0 Å². The van der Waals surface area contributed by atoms with Crippen molar-refractivity contribution in [3.8, 4) is 0 Å². The van der Waals surface area contributed by atoms with Crippen LogP contribution >= 0.6 is 27.9 Å². The maximum atomic E-state index is 11.0. The topological polar surface area (TPSA) is 66.6 Å². The monoisotopic (exact) mass is 316 g/mol. The number of carboxylic acid groups (broad SMARTS) is 1. The second-order valence-electron chi connectivity index (χ2n) is 3.91. The fourth-order valence-corrected chi connectivity index (χ4v) is 3.29. The van der Waals surface area contributed by atoms with E-state index in [0.29, 0.717) is 12.1 Å². The van der Waals surface area contributed by atoms with E-state index in [2.05, 4.69) is 15.9 Å². The summed E-state index contributed by atoms with van der Waals surface area (Å²) in [4.78, 5) is 12.0. The van der Waals surface area contributed by atoms with Gasteiger partial charge in [0.2, 0.25) is 0 Å². The van der Waals surface area contributed by atoms with E-state index in [1.54, 1.807) is 0 Å². The zero-order valence-corrected chi connectivity index (χ0v) is 11.5. The highest BCUT2D eigenvalue weighted by atomic mass is 79.9. The van der Waals surface area contributed by atoms with Crippen molar-refractivity contribution in [3.05, 3.63) is 22.7 Å². The number of benzene rings is 1. The Labute approximate surface area is 112 Å². The van der Waals surface area contributed by atoms with Crippen LogP contribution in [0.3, 0.4) is 0 Å². The number of carboxylic acids is 1. The maximum Gasteiger partial charge on any atom is 0.321 e. The molecule has 6 heteroatoms. The maximum absolute atomic E-state index is 11.0. The highest BCUT2D eigenvalue weighted by molar-refractivity contribution is 9.10. The van der Waals surface area contributed by atoms with Gasteiger partial charge in [-0.15, -0.1) is 0 Å². The SMILES string of the molecule is Nc1cc(Br)ccc1SN1CCCC1C(=O)O. The largest absolute Gasteiger partial charge is 0.480 e. The predicted octanol–water partition coefficient (Wildman–Crippen LogP) is 2.59. The molecular formula is C11H13BrN2O2S. The van der Waals surface area contributed by atoms with E-state index < -0.39 is 12.0 Å². The molecule has 4 nitrogen and oxygen atoms in total. The Balaban J connectivity index is 2.12. The molecule has 0 spiro atoms. The molecule has 1 heterocycles. The average molecular weight is 317 g/mol. The number of hydrogen-bond acceptors (Lipinski definition) is 4. The van der Waals surface area contributed by atoms with Crippen LogP contribution in [0.25, 0.3) is 0 Å². The summed E-state index contributed by atoms with van der Waals surface area (Å²) in [7, 11) is 0. The lowest BCUT2D eigenvalue weighted by Gasteiger charge is -2.20. The lowest BCUT2D eigenvalue weighted by molar-refractivity contribution is -0.140. The van der Waals surface area contributed by atoms with Crippen molar-refractivity contribution < 1.29 is 9.90 Å². The number of halogens is 1. The van der Waals surface area contributed by atoms with Crippen LogP contribution in [0.1, 0.15) is 12.8 Å². The molecule has 1 aromatic rings. The fourth-order valence-electron chi connectivity index (χ4n) is 1.82. The Morgan fingerprint density at radius 3 is 3.00 bits per heavy atom. The Bertz CT molecular complexity index is 441. The molecular weight excluding hydrogens is 304 g/mol. The third-order valence-corrected chi connectivity index (χ3v) is 4.41. The fraction of sp³-hybridized carbons (Fsp3) is 0.364. The molecule has 0 saturated carbocycles. The van der Waals surface area contributed by atoms with Gasteiger partial charge >= 0.3 is 5.97 Å². The van der Waals surface area contributed by atoms with Crippen molar-refractivity contribution in [1.82, 2.24) is 4.31 Å². The number of nitrogens with zero attached hydrogens (tertiary/aromatic N) is 1. The van der Waals surface area contributed by atoms with Gasteiger partial charge in [0.05, 0.1) is 0 Å². The van der Waals surface area contributed by atoms with Gasteiger partial charge in [-0.25, -0.2) is 4.31 Å². The molecule has 17 heavy (non-hydrogen) atoms. The lowest BCUT2D eigenvalue weighted by atomic mass is 10.2. The van der Waals surface area contributed by atoms with Gasteiger partial charge in [-0.2, -0.15) is 0 Å². The molecule has 1 atom stereocenters. The van der Waals surface area contributed by atoms with Crippen LogP contribution in [0.15, 0.2) is 27.6 Å². The molecule has 1 fully saturated rings. The third-order valence-electron chi connectivity index (χ3n) is 2.68. The van der Waals surface area contributed by atoms with Crippen molar-refractivity contribution in [2.75, 3.05) is 12.3 Å². The quantitative estimate of drug-likeness (QED) is 0.662. The number of carbonyl (C=O) groups is 1. The summed E-state index contributed by atoms with van der Waals surface area (Å²) in [6.45, 7) is 0.789. The van der Waals surface area contributed by atoms with Crippen molar-refractivity contribution >= 4 is 39.5 Å². The van der Waals surface area contributed by atoms with Crippen LogP contribution in [-0.4, -0.2) is 28.0 Å². The number of anilines is 1. The molecule has 0 aromatic heterocycles. The molecule has 0 bridgehead atoms. The van der Waals surface area contributed by atoms with E-state index >= 15 is 0 Å². The Morgan fingerprint density at radius 1 is 1.59 bits per heavy atom. The molecule has 1 aromatic carbocycles. The standard InChI is InChI=1S/C11H13BrN2O2S/c12-7-3-4-10(8(13)6-7)17-14-5-1-2-9(14)11(15)16/h3-4,6,9H,1-2,5,13H2,(H,15,16). The van der Waals surface area contributed by atoms with Crippen molar-refractivity contribution in [1.29, 1.82) is 0 Å². The molecule has 0 radical (unpaired) electrons. The van der Waals surface area contributed by atoms with Gasteiger partial charge in [0, 0.05) is 21.6 Å². The molecule has 0 aliphatic carbocycles. The normalized spacial score (nSPS) is 20.6. The first-order valence-electron chi connectivity index (χ1n) is 5.30. The molecule has 1 aliphatic heterocycles. The smallest absolute Gasteiger partial charge is 0.321 e. The number of hydrogen-bond donors (Lipinski definition) is 2. The molecule has 0 amide bonds. The summed E-state index contributed by atoms with van der Waals surface area (Å²) in [5, 5.41) is 9.08. The van der Waals surface area contributed by atoms with Crippen LogP contribution < -0.4 is 5.73 Å². The van der Waals surface area contributed by atoms with Gasteiger partial charge in [-0.1, -0.05) is 15.9 Å². The Kier molecular flexibility index (Phi) is 3.96. The second-order valence-corrected chi connectivity index (χ2v) is 5.92. The predicted molar refractivity (Wildman–Crippen MR) is 71.8 cm³/mol. The second kappa shape index (κ2) is 5.29. The molecule has 1 aliphatic rings. The Morgan fingerprint density at radius 2 is 2.35 bits per heavy atom. The first kappa shape index (κ1) is 12.7. The zero-order valence-electron chi connectivity index (χ0n) is 9.10. The first-order chi connectivity index (χ1) is 8.08. The van der Waals surface area contributed by atoms with E-state index in [-0.39, 0.29) is 0 Å². The third kappa shape index (κ3) is 2.94. The zero-order chi connectivity index (χ0) is 12.4. The summed E-state index contributed by atoms with van der Waals surface area (Å²) >= 11 is 4.78. The highest BCUT2D eigenvalue weighted by Gasteiger charge is 2.31. The summed E-state index contributed by atoms with van der Waals surface area (Å²) in [5.41, 5.74) is 6.56. The van der Waals surface area contributed by atoms with Gasteiger partial charge in [0.15, 0.2) is 0 Å². The van der Waals surface area contributed by atoms with Gasteiger partial charge < -0.3 is 10.8 Å². The van der Waals surface area contributed by atoms with Gasteiger partial charge in [0.1, 0.15) is 6.04 Å². The van der Waals surface area contributed by atoms with Crippen molar-refractivity contribution in [2.24, 2.45) is 0 Å². The van der Waals surface area contributed by atoms with Crippen LogP contribution in [0.5, 0.6) is 0 Å². The first-order valence-corrected chi connectivity index (χ1v) is 6.87. The van der Waals surface area contributed by atoms with Crippen molar-refractivity contribution in [2.45, 2.75) is 23.8 Å². The number of nitrogen functional groups attached to an aromatic ring is 1. The minimum atomic E-state index is -0.759. The van der Waals surface area contributed by atoms with E-state index in [1.807, 2.05) is 22.5 Å². The van der Waals surface area contributed by atoms with Gasteiger partial charge in [-0.3, -0.25) is 4.79 Å². The Hall–Kier alpha value is -0.720. The van der Waals surface area contributed by atoms with Crippen LogP contribution in [0.2, 0.25) is 0 Å². The van der Waals surface area contributed by atoms with Crippen LogP contribution in [0, 0.1) is 0 Å². The molecule has 3 N–H and O–H groups in total. The number of rotatable bonds is 3. The molecule has 92 valence electrons. The molecule has 1 saturated heterocycles. The average Bonchev–Trinajstić information content (AvgIpc) is 2.70. The van der Waals surface area contributed by atoms with Gasteiger partial charge in [-0.05, 0) is 43.0 Å². The minimum Gasteiger partial charge on any atom is -0.480 e. The number of nitrogens with two attached hydrogens (primary N) is 1. The summed E-state index contributed by atoms with van der Waals surface area (Å²) in [6.07, 6.45) is 1.62. The van der Waals surface area contributed by atoms with E-state index in [0.717, 1.165) is 22.3 Å². The summed E-state index contributed by atoms with van der Waals surface area (Å²) in [5.74, 6) is -0.759. The highest BCUT2D eigenvalue weighted by Crippen LogP contribution is 2.35. The lowest BCUT2D eigenvalue weighted by Crippen LogP contribution is -2.30. The van der Waals surface area contributed by atoms with E-state index in [1.165, 1.54) is 11.9 Å². The minimum absolute atomic E-state index is 0.400. The summed E-state index contributed by atoms with van der Waals surface area (Å²) in [6, 6.07) is 5.24. The summed E-state index contributed by atoms with van der Waals surface area (Å²) < 4.78 is 2.82. The van der Waals surface area contributed by atoms with Crippen molar-refractivity contribution in [3.63, 3.8) is 0 Å².